The first kappa shape index (κ1) is 16.6. The van der Waals surface area contributed by atoms with Crippen LogP contribution in [0.15, 0.2) is 18.2 Å². The van der Waals surface area contributed by atoms with Gasteiger partial charge in [0.25, 0.3) is 0 Å². The van der Waals surface area contributed by atoms with Crippen LogP contribution in [0.4, 0.5) is 13.2 Å². The largest absolute Gasteiger partial charge is 0.573 e. The Morgan fingerprint density at radius 1 is 1.45 bits per heavy atom. The Bertz CT molecular complexity index is 570. The number of carboxylic acids is 1. The molecule has 1 saturated carbocycles. The predicted molar refractivity (Wildman–Crippen MR) is 71.4 cm³/mol. The van der Waals surface area contributed by atoms with E-state index in [4.69, 9.17) is 5.11 Å². The number of halogens is 3. The van der Waals surface area contributed by atoms with Gasteiger partial charge in [0.2, 0.25) is 0 Å². The van der Waals surface area contributed by atoms with E-state index in [0.29, 0.717) is 6.42 Å². The van der Waals surface area contributed by atoms with E-state index in [1.54, 1.807) is 0 Å². The maximum atomic E-state index is 12.6. The van der Waals surface area contributed by atoms with Gasteiger partial charge in [-0.15, -0.1) is 13.2 Å². The van der Waals surface area contributed by atoms with E-state index in [1.165, 1.54) is 12.1 Å². The van der Waals surface area contributed by atoms with E-state index in [1.807, 2.05) is 6.92 Å². The average Bonchev–Trinajstić information content (AvgIpc) is 2.67. The SMILES string of the molecule is C[C@@H]1CCC(O)(c2c(CC(=O)O)cccc2OC(F)(F)F)C1. The molecule has 0 amide bonds. The molecule has 1 fully saturated rings. The van der Waals surface area contributed by atoms with Crippen LogP contribution in [-0.2, 0) is 16.8 Å². The normalized spacial score (nSPS) is 25.2. The number of aliphatic carboxylic acids is 1. The van der Waals surface area contributed by atoms with Crippen molar-refractivity contribution in [2.75, 3.05) is 0 Å². The molecule has 1 aromatic carbocycles. The molecule has 0 aliphatic heterocycles. The van der Waals surface area contributed by atoms with Crippen molar-refractivity contribution in [1.29, 1.82) is 0 Å². The number of alkyl halides is 3. The highest BCUT2D eigenvalue weighted by molar-refractivity contribution is 5.71. The summed E-state index contributed by atoms with van der Waals surface area (Å²) in [6, 6.07) is 3.81. The number of carboxylic acid groups (broad SMARTS) is 1. The van der Waals surface area contributed by atoms with Gasteiger partial charge in [0.05, 0.1) is 12.0 Å². The Morgan fingerprint density at radius 2 is 2.14 bits per heavy atom. The second-order valence-electron chi connectivity index (χ2n) is 5.79. The number of ether oxygens (including phenoxy) is 1. The van der Waals surface area contributed by atoms with E-state index in [9.17, 15) is 23.1 Å². The van der Waals surface area contributed by atoms with Gasteiger partial charge in [-0.25, -0.2) is 0 Å². The van der Waals surface area contributed by atoms with Crippen LogP contribution in [0.5, 0.6) is 5.75 Å². The molecule has 22 heavy (non-hydrogen) atoms. The van der Waals surface area contributed by atoms with Crippen LogP contribution < -0.4 is 4.74 Å². The summed E-state index contributed by atoms with van der Waals surface area (Å²) in [5.74, 6) is -1.57. The van der Waals surface area contributed by atoms with E-state index in [0.717, 1.165) is 6.07 Å². The summed E-state index contributed by atoms with van der Waals surface area (Å²) >= 11 is 0. The van der Waals surface area contributed by atoms with Crippen LogP contribution in [0.1, 0.15) is 37.3 Å². The van der Waals surface area contributed by atoms with Crippen molar-refractivity contribution in [3.05, 3.63) is 29.3 Å². The zero-order valence-corrected chi connectivity index (χ0v) is 12.0. The Hall–Kier alpha value is -1.76. The summed E-state index contributed by atoms with van der Waals surface area (Å²) in [7, 11) is 0. The zero-order valence-electron chi connectivity index (χ0n) is 12.0. The molecule has 2 rings (SSSR count). The molecule has 1 aromatic rings. The van der Waals surface area contributed by atoms with Crippen molar-refractivity contribution in [2.24, 2.45) is 5.92 Å². The molecule has 4 nitrogen and oxygen atoms in total. The summed E-state index contributed by atoms with van der Waals surface area (Å²) in [6.45, 7) is 1.89. The van der Waals surface area contributed by atoms with Crippen molar-refractivity contribution in [2.45, 2.75) is 44.6 Å². The van der Waals surface area contributed by atoms with Gasteiger partial charge in [-0.1, -0.05) is 19.1 Å². The fourth-order valence-corrected chi connectivity index (χ4v) is 3.12. The topological polar surface area (TPSA) is 66.8 Å². The number of hydrogen-bond donors (Lipinski definition) is 2. The Balaban J connectivity index is 2.52. The quantitative estimate of drug-likeness (QED) is 0.894. The molecule has 122 valence electrons. The minimum Gasteiger partial charge on any atom is -0.481 e. The van der Waals surface area contributed by atoms with Gasteiger partial charge in [-0.3, -0.25) is 4.79 Å². The van der Waals surface area contributed by atoms with Crippen LogP contribution in [0, 0.1) is 5.92 Å². The maximum absolute atomic E-state index is 12.6. The van der Waals surface area contributed by atoms with Crippen molar-refractivity contribution in [3.8, 4) is 5.75 Å². The second kappa shape index (κ2) is 5.79. The van der Waals surface area contributed by atoms with Crippen LogP contribution in [0.3, 0.4) is 0 Å². The molecule has 0 heterocycles. The molecule has 0 spiro atoms. The van der Waals surface area contributed by atoms with Gasteiger partial charge >= 0.3 is 12.3 Å². The Kier molecular flexibility index (Phi) is 4.37. The lowest BCUT2D eigenvalue weighted by Crippen LogP contribution is -2.28. The minimum atomic E-state index is -4.91. The summed E-state index contributed by atoms with van der Waals surface area (Å²) in [5, 5.41) is 19.7. The molecule has 0 saturated heterocycles. The molecule has 0 bridgehead atoms. The lowest BCUT2D eigenvalue weighted by molar-refractivity contribution is -0.275. The lowest BCUT2D eigenvalue weighted by atomic mass is 9.85. The van der Waals surface area contributed by atoms with Crippen LogP contribution in [0.2, 0.25) is 0 Å². The standard InChI is InChI=1S/C15H17F3O4/c1-9-5-6-14(21,8-9)13-10(7-12(19)20)3-2-4-11(13)22-15(16,17)18/h2-4,9,21H,5-8H2,1H3,(H,19,20)/t9-,14?/m1/s1. The van der Waals surface area contributed by atoms with Gasteiger partial charge < -0.3 is 14.9 Å². The highest BCUT2D eigenvalue weighted by Gasteiger charge is 2.43. The van der Waals surface area contributed by atoms with Gasteiger partial charge in [-0.05, 0) is 36.8 Å². The van der Waals surface area contributed by atoms with Crippen LogP contribution in [-0.4, -0.2) is 22.5 Å². The van der Waals surface area contributed by atoms with Crippen molar-refractivity contribution in [1.82, 2.24) is 0 Å². The van der Waals surface area contributed by atoms with Crippen molar-refractivity contribution in [3.63, 3.8) is 0 Å². The maximum Gasteiger partial charge on any atom is 0.573 e. The average molecular weight is 318 g/mol. The van der Waals surface area contributed by atoms with E-state index < -0.39 is 30.1 Å². The highest BCUT2D eigenvalue weighted by atomic mass is 19.4. The molecule has 2 atom stereocenters. The minimum absolute atomic E-state index is 0.0564. The third-order valence-electron chi connectivity index (χ3n) is 3.88. The molecule has 7 heteroatoms. The van der Waals surface area contributed by atoms with Crippen molar-refractivity contribution < 1.29 is 32.9 Å². The number of benzene rings is 1. The molecule has 0 radical (unpaired) electrons. The highest BCUT2D eigenvalue weighted by Crippen LogP contribution is 2.47. The summed E-state index contributed by atoms with van der Waals surface area (Å²) in [4.78, 5) is 11.0. The Morgan fingerprint density at radius 3 is 2.64 bits per heavy atom. The monoisotopic (exact) mass is 318 g/mol. The van der Waals surface area contributed by atoms with Gasteiger partial charge in [-0.2, -0.15) is 0 Å². The third kappa shape index (κ3) is 3.71. The summed E-state index contributed by atoms with van der Waals surface area (Å²) in [5.41, 5.74) is -1.41. The first-order valence-electron chi connectivity index (χ1n) is 6.93. The zero-order chi connectivity index (χ0) is 16.5. The summed E-state index contributed by atoms with van der Waals surface area (Å²) in [6.07, 6.45) is -4.17. The molecular formula is C15H17F3O4. The molecule has 2 N–H and O–H groups in total. The van der Waals surface area contributed by atoms with Gasteiger partial charge in [0.1, 0.15) is 5.75 Å². The third-order valence-corrected chi connectivity index (χ3v) is 3.88. The van der Waals surface area contributed by atoms with Crippen LogP contribution in [0.25, 0.3) is 0 Å². The second-order valence-corrected chi connectivity index (χ2v) is 5.79. The first-order valence-corrected chi connectivity index (χ1v) is 6.93. The summed E-state index contributed by atoms with van der Waals surface area (Å²) < 4.78 is 41.8. The van der Waals surface area contributed by atoms with E-state index >= 15 is 0 Å². The number of aliphatic hydroxyl groups is 1. The Labute approximate surface area is 125 Å². The number of carbonyl (C=O) groups is 1. The number of rotatable bonds is 4. The molecule has 0 aromatic heterocycles. The molecule has 1 aliphatic carbocycles. The molecule has 1 unspecified atom stereocenters. The van der Waals surface area contributed by atoms with E-state index in [-0.39, 0.29) is 29.9 Å². The molecule has 1 aliphatic rings. The van der Waals surface area contributed by atoms with Gasteiger partial charge in [0, 0.05) is 5.56 Å². The predicted octanol–water partition coefficient (Wildman–Crippen LogP) is 3.22. The van der Waals surface area contributed by atoms with E-state index in [2.05, 4.69) is 4.74 Å². The fraction of sp³-hybridized carbons (Fsp3) is 0.533. The lowest BCUT2D eigenvalue weighted by Gasteiger charge is -2.28. The smallest absolute Gasteiger partial charge is 0.481 e. The van der Waals surface area contributed by atoms with Crippen molar-refractivity contribution >= 4 is 5.97 Å². The van der Waals surface area contributed by atoms with Crippen LogP contribution >= 0.6 is 0 Å². The molecular weight excluding hydrogens is 301 g/mol. The number of hydrogen-bond acceptors (Lipinski definition) is 3. The fourth-order valence-electron chi connectivity index (χ4n) is 3.12. The van der Waals surface area contributed by atoms with Gasteiger partial charge in [0.15, 0.2) is 0 Å². The first-order chi connectivity index (χ1) is 10.1.